The van der Waals surface area contributed by atoms with Gasteiger partial charge in [0.2, 0.25) is 0 Å². The van der Waals surface area contributed by atoms with Crippen molar-refractivity contribution >= 4 is 23.7 Å². The molecule has 0 spiro atoms. The summed E-state index contributed by atoms with van der Waals surface area (Å²) in [5, 5.41) is 0. The number of unbranched alkanes of at least 4 members (excludes halogenated alkanes) is 2. The number of allylic oxidation sites excluding steroid dienone is 2. The van der Waals surface area contributed by atoms with Gasteiger partial charge in [-0.25, -0.2) is 0 Å². The molecule has 0 saturated heterocycles. The van der Waals surface area contributed by atoms with Gasteiger partial charge in [-0.2, -0.15) is 0 Å². The van der Waals surface area contributed by atoms with Gasteiger partial charge in [-0.05, 0) is 66.8 Å². The van der Waals surface area contributed by atoms with Crippen LogP contribution in [0.1, 0.15) is 51.1 Å². The van der Waals surface area contributed by atoms with Gasteiger partial charge in [-0.15, -0.1) is 0 Å². The molecular formula is C35H32O4. The third kappa shape index (κ3) is 9.28. The zero-order valence-corrected chi connectivity index (χ0v) is 21.9. The predicted molar refractivity (Wildman–Crippen MR) is 157 cm³/mol. The van der Waals surface area contributed by atoms with Gasteiger partial charge >= 0.3 is 0 Å². The highest BCUT2D eigenvalue weighted by Gasteiger charge is 2.01. The second-order valence-corrected chi connectivity index (χ2v) is 9.02. The molecule has 0 saturated carbocycles. The van der Waals surface area contributed by atoms with Crippen molar-refractivity contribution in [1.82, 2.24) is 0 Å². The summed E-state index contributed by atoms with van der Waals surface area (Å²) in [5.74, 6) is 1.61. The summed E-state index contributed by atoms with van der Waals surface area (Å²) >= 11 is 0. The van der Waals surface area contributed by atoms with Crippen LogP contribution in [0.25, 0.3) is 12.2 Å². The molecule has 4 heteroatoms. The van der Waals surface area contributed by atoms with E-state index in [2.05, 4.69) is 0 Å². The molecule has 0 aliphatic carbocycles. The molecule has 0 bridgehead atoms. The Morgan fingerprint density at radius 1 is 0.487 bits per heavy atom. The van der Waals surface area contributed by atoms with Crippen LogP contribution in [0, 0.1) is 0 Å². The molecule has 0 amide bonds. The van der Waals surface area contributed by atoms with E-state index in [1.54, 1.807) is 12.2 Å². The molecule has 0 unspecified atom stereocenters. The maximum absolute atomic E-state index is 12.2. The summed E-state index contributed by atoms with van der Waals surface area (Å²) in [6, 6.07) is 33.9. The van der Waals surface area contributed by atoms with Crippen molar-refractivity contribution in [2.45, 2.75) is 19.3 Å². The van der Waals surface area contributed by atoms with E-state index in [4.69, 9.17) is 9.47 Å². The lowest BCUT2D eigenvalue weighted by Crippen LogP contribution is -2.01. The standard InChI is InChI=1S/C35H32O4/c36-34(30-10-4-1-5-11-30)24-18-28-14-20-32(21-15-28)38-26-8-3-9-27-39-33-22-16-29(17-23-33)19-25-35(37)31-12-6-2-7-13-31/h1-2,4-7,10-25H,3,8-9,26-27H2/b24-18+,25-19+. The SMILES string of the molecule is O=C(/C=C/c1ccc(OCCCCCOc2ccc(/C=C/C(=O)c3ccccc3)cc2)cc1)c1ccccc1. The Morgan fingerprint density at radius 3 is 1.26 bits per heavy atom. The highest BCUT2D eigenvalue weighted by Crippen LogP contribution is 2.16. The maximum Gasteiger partial charge on any atom is 0.185 e. The molecule has 39 heavy (non-hydrogen) atoms. The van der Waals surface area contributed by atoms with E-state index in [-0.39, 0.29) is 11.6 Å². The third-order valence-electron chi connectivity index (χ3n) is 6.06. The minimum atomic E-state index is -0.0127. The van der Waals surface area contributed by atoms with Crippen molar-refractivity contribution in [2.24, 2.45) is 0 Å². The molecule has 4 aromatic carbocycles. The Labute approximate surface area is 230 Å². The molecule has 0 N–H and O–H groups in total. The number of hydrogen-bond acceptors (Lipinski definition) is 4. The van der Waals surface area contributed by atoms with Crippen LogP contribution in [0.2, 0.25) is 0 Å². The molecule has 196 valence electrons. The van der Waals surface area contributed by atoms with Crippen LogP contribution in [0.15, 0.2) is 121 Å². The first-order valence-corrected chi connectivity index (χ1v) is 13.2. The number of carbonyl (C=O) groups excluding carboxylic acids is 2. The van der Waals surface area contributed by atoms with Gasteiger partial charge in [-0.3, -0.25) is 9.59 Å². The van der Waals surface area contributed by atoms with Gasteiger partial charge in [0.1, 0.15) is 11.5 Å². The van der Waals surface area contributed by atoms with Crippen molar-refractivity contribution in [3.8, 4) is 11.5 Å². The van der Waals surface area contributed by atoms with E-state index >= 15 is 0 Å². The number of benzene rings is 4. The molecule has 0 aromatic heterocycles. The fraction of sp³-hybridized carbons (Fsp3) is 0.143. The Hall–Kier alpha value is -4.70. The monoisotopic (exact) mass is 516 g/mol. The Morgan fingerprint density at radius 2 is 0.872 bits per heavy atom. The van der Waals surface area contributed by atoms with Crippen LogP contribution in [-0.2, 0) is 0 Å². The van der Waals surface area contributed by atoms with Gasteiger partial charge in [0.05, 0.1) is 13.2 Å². The third-order valence-corrected chi connectivity index (χ3v) is 6.06. The summed E-state index contributed by atoms with van der Waals surface area (Å²) in [7, 11) is 0. The van der Waals surface area contributed by atoms with E-state index in [1.165, 1.54) is 0 Å². The highest BCUT2D eigenvalue weighted by atomic mass is 16.5. The number of ether oxygens (including phenoxy) is 2. The van der Waals surface area contributed by atoms with E-state index < -0.39 is 0 Å². The van der Waals surface area contributed by atoms with Crippen LogP contribution in [-0.4, -0.2) is 24.8 Å². The fourth-order valence-corrected chi connectivity index (χ4v) is 3.85. The average molecular weight is 517 g/mol. The first-order valence-electron chi connectivity index (χ1n) is 13.2. The summed E-state index contributed by atoms with van der Waals surface area (Å²) in [6.45, 7) is 1.29. The minimum Gasteiger partial charge on any atom is -0.494 e. The molecule has 0 heterocycles. The lowest BCUT2D eigenvalue weighted by Gasteiger charge is -2.08. The van der Waals surface area contributed by atoms with Gasteiger partial charge in [0, 0.05) is 11.1 Å². The number of hydrogen-bond donors (Lipinski definition) is 0. The normalized spacial score (nSPS) is 11.1. The lowest BCUT2D eigenvalue weighted by molar-refractivity contribution is 0.103. The Bertz CT molecular complexity index is 1260. The highest BCUT2D eigenvalue weighted by molar-refractivity contribution is 6.07. The number of ketones is 2. The largest absolute Gasteiger partial charge is 0.494 e. The minimum absolute atomic E-state index is 0.0127. The average Bonchev–Trinajstić information content (AvgIpc) is 3.00. The maximum atomic E-state index is 12.2. The van der Waals surface area contributed by atoms with Crippen LogP contribution >= 0.6 is 0 Å². The van der Waals surface area contributed by atoms with E-state index in [1.807, 2.05) is 121 Å². The van der Waals surface area contributed by atoms with Crippen molar-refractivity contribution in [2.75, 3.05) is 13.2 Å². The molecule has 4 aromatic rings. The molecular weight excluding hydrogens is 484 g/mol. The van der Waals surface area contributed by atoms with Crippen LogP contribution in [0.3, 0.4) is 0 Å². The van der Waals surface area contributed by atoms with Crippen molar-refractivity contribution < 1.29 is 19.1 Å². The Balaban J connectivity index is 1.09. The number of carbonyl (C=O) groups is 2. The molecule has 0 aliphatic rings. The number of rotatable bonds is 14. The van der Waals surface area contributed by atoms with Crippen molar-refractivity contribution in [1.29, 1.82) is 0 Å². The van der Waals surface area contributed by atoms with Crippen molar-refractivity contribution in [3.05, 3.63) is 144 Å². The zero-order chi connectivity index (χ0) is 27.1. The zero-order valence-electron chi connectivity index (χ0n) is 21.9. The van der Waals surface area contributed by atoms with Gasteiger partial charge in [-0.1, -0.05) is 97.1 Å². The second-order valence-electron chi connectivity index (χ2n) is 9.02. The summed E-state index contributed by atoms with van der Waals surface area (Å²) in [5.41, 5.74) is 3.26. The van der Waals surface area contributed by atoms with Gasteiger partial charge in [0.15, 0.2) is 11.6 Å². The molecule has 0 atom stereocenters. The Kier molecular flexibility index (Phi) is 10.4. The predicted octanol–water partition coefficient (Wildman–Crippen LogP) is 8.11. The molecule has 0 fully saturated rings. The van der Waals surface area contributed by atoms with E-state index in [0.717, 1.165) is 41.9 Å². The molecule has 0 aliphatic heterocycles. The summed E-state index contributed by atoms with van der Waals surface area (Å²) < 4.78 is 11.7. The van der Waals surface area contributed by atoms with E-state index in [0.29, 0.717) is 24.3 Å². The van der Waals surface area contributed by atoms with Crippen LogP contribution in [0.4, 0.5) is 0 Å². The molecule has 4 nitrogen and oxygen atoms in total. The summed E-state index contributed by atoms with van der Waals surface area (Å²) in [6.07, 6.45) is 9.70. The lowest BCUT2D eigenvalue weighted by atomic mass is 10.1. The fourth-order valence-electron chi connectivity index (χ4n) is 3.85. The summed E-state index contributed by atoms with van der Waals surface area (Å²) in [4.78, 5) is 24.4. The first kappa shape index (κ1) is 27.3. The van der Waals surface area contributed by atoms with Gasteiger partial charge in [0.25, 0.3) is 0 Å². The van der Waals surface area contributed by atoms with Crippen molar-refractivity contribution in [3.63, 3.8) is 0 Å². The van der Waals surface area contributed by atoms with E-state index in [9.17, 15) is 9.59 Å². The second kappa shape index (κ2) is 14.9. The topological polar surface area (TPSA) is 52.6 Å². The van der Waals surface area contributed by atoms with Crippen LogP contribution < -0.4 is 9.47 Å². The quantitative estimate of drug-likeness (QED) is 0.0965. The smallest absolute Gasteiger partial charge is 0.185 e. The first-order chi connectivity index (χ1) is 19.2. The van der Waals surface area contributed by atoms with Crippen LogP contribution in [0.5, 0.6) is 11.5 Å². The van der Waals surface area contributed by atoms with Gasteiger partial charge < -0.3 is 9.47 Å². The molecule has 4 rings (SSSR count). The molecule has 0 radical (unpaired) electrons.